The molecule has 0 aliphatic rings. The molecular formula is C10H9F3O3S. The van der Waals surface area contributed by atoms with E-state index in [4.69, 9.17) is 0 Å². The molecule has 0 aliphatic heterocycles. The number of alkyl halides is 3. The maximum atomic E-state index is 12.0. The lowest BCUT2D eigenvalue weighted by molar-refractivity contribution is -0.0521. The molecule has 3 nitrogen and oxygen atoms in total. The Kier molecular flexibility index (Phi) is 3.82. The second-order valence-electron chi connectivity index (χ2n) is 3.15. The average molecular weight is 266 g/mol. The van der Waals surface area contributed by atoms with E-state index < -0.39 is 15.6 Å². The van der Waals surface area contributed by atoms with Gasteiger partial charge in [-0.3, -0.25) is 0 Å². The van der Waals surface area contributed by atoms with Crippen LogP contribution in [0.4, 0.5) is 13.2 Å². The number of allylic oxidation sites excluding steroid dienone is 1. The highest BCUT2D eigenvalue weighted by Gasteiger charge is 2.48. The van der Waals surface area contributed by atoms with Gasteiger partial charge in [-0.15, -0.1) is 0 Å². The molecule has 0 atom stereocenters. The summed E-state index contributed by atoms with van der Waals surface area (Å²) >= 11 is 0. The molecule has 0 aromatic heterocycles. The SMILES string of the molecule is C/C(=C\c1ccccc1)OS(=O)(=O)C(F)(F)F. The minimum atomic E-state index is -5.59. The van der Waals surface area contributed by atoms with E-state index >= 15 is 0 Å². The van der Waals surface area contributed by atoms with Crippen molar-refractivity contribution in [1.29, 1.82) is 0 Å². The van der Waals surface area contributed by atoms with Gasteiger partial charge in [0.05, 0.1) is 0 Å². The zero-order chi connectivity index (χ0) is 13.1. The second-order valence-corrected chi connectivity index (χ2v) is 4.69. The summed E-state index contributed by atoms with van der Waals surface area (Å²) in [5, 5.41) is 0. The smallest absolute Gasteiger partial charge is 0.381 e. The van der Waals surface area contributed by atoms with Crippen LogP contribution < -0.4 is 0 Å². The Morgan fingerprint density at radius 1 is 1.24 bits per heavy atom. The van der Waals surface area contributed by atoms with Crippen molar-refractivity contribution >= 4 is 16.2 Å². The lowest BCUT2D eigenvalue weighted by Gasteiger charge is -2.09. The number of rotatable bonds is 3. The predicted octanol–water partition coefficient (Wildman–Crippen LogP) is 2.91. The summed E-state index contributed by atoms with van der Waals surface area (Å²) in [6, 6.07) is 8.26. The Balaban J connectivity index is 2.88. The van der Waals surface area contributed by atoms with Gasteiger partial charge in [0.25, 0.3) is 0 Å². The van der Waals surface area contributed by atoms with Gasteiger partial charge in [-0.25, -0.2) is 0 Å². The number of benzene rings is 1. The Morgan fingerprint density at radius 2 is 1.76 bits per heavy atom. The maximum Gasteiger partial charge on any atom is 0.534 e. The average Bonchev–Trinajstić information content (AvgIpc) is 2.16. The maximum absolute atomic E-state index is 12.0. The van der Waals surface area contributed by atoms with E-state index in [2.05, 4.69) is 4.18 Å². The molecule has 0 amide bonds. The van der Waals surface area contributed by atoms with Crippen LogP contribution in [0, 0.1) is 0 Å². The first kappa shape index (κ1) is 13.6. The molecule has 0 unspecified atom stereocenters. The highest BCUT2D eigenvalue weighted by molar-refractivity contribution is 7.87. The molecular weight excluding hydrogens is 257 g/mol. The van der Waals surface area contributed by atoms with Crippen molar-refractivity contribution in [2.24, 2.45) is 0 Å². The Hall–Kier alpha value is -1.50. The van der Waals surface area contributed by atoms with Gasteiger partial charge in [0.15, 0.2) is 0 Å². The van der Waals surface area contributed by atoms with E-state index in [1.54, 1.807) is 30.3 Å². The van der Waals surface area contributed by atoms with E-state index in [-0.39, 0.29) is 5.76 Å². The molecule has 17 heavy (non-hydrogen) atoms. The molecule has 1 aromatic rings. The minimum Gasteiger partial charge on any atom is -0.381 e. The summed E-state index contributed by atoms with van der Waals surface area (Å²) in [5.41, 5.74) is -4.87. The van der Waals surface area contributed by atoms with Crippen LogP contribution >= 0.6 is 0 Å². The molecule has 7 heteroatoms. The van der Waals surface area contributed by atoms with Gasteiger partial charge in [0, 0.05) is 0 Å². The lowest BCUT2D eigenvalue weighted by Crippen LogP contribution is -2.24. The molecule has 0 bridgehead atoms. The summed E-state index contributed by atoms with van der Waals surface area (Å²) in [7, 11) is -5.59. The largest absolute Gasteiger partial charge is 0.534 e. The van der Waals surface area contributed by atoms with Crippen LogP contribution in [0.5, 0.6) is 0 Å². The molecule has 0 spiro atoms. The number of hydrogen-bond donors (Lipinski definition) is 0. The summed E-state index contributed by atoms with van der Waals surface area (Å²) in [4.78, 5) is 0. The van der Waals surface area contributed by atoms with Crippen molar-refractivity contribution in [3.8, 4) is 0 Å². The van der Waals surface area contributed by atoms with E-state index in [1.807, 2.05) is 0 Å². The molecule has 0 saturated carbocycles. The predicted molar refractivity (Wildman–Crippen MR) is 56.2 cm³/mol. The topological polar surface area (TPSA) is 43.4 Å². The molecule has 0 heterocycles. The van der Waals surface area contributed by atoms with Crippen LogP contribution in [-0.4, -0.2) is 13.9 Å². The minimum absolute atomic E-state index is 0.353. The first-order chi connectivity index (χ1) is 7.72. The summed E-state index contributed by atoms with van der Waals surface area (Å²) in [6.07, 6.45) is 1.20. The lowest BCUT2D eigenvalue weighted by atomic mass is 10.2. The standard InChI is InChI=1S/C10H9F3O3S/c1-8(7-9-5-3-2-4-6-9)16-17(14,15)10(11,12)13/h2-7H,1H3/b8-7+. The summed E-state index contributed by atoms with van der Waals surface area (Å²) in [5.74, 6) is -0.353. The van der Waals surface area contributed by atoms with Crippen molar-refractivity contribution in [3.05, 3.63) is 41.7 Å². The molecule has 0 saturated heterocycles. The van der Waals surface area contributed by atoms with Crippen molar-refractivity contribution in [1.82, 2.24) is 0 Å². The van der Waals surface area contributed by atoms with Crippen LogP contribution in [0.1, 0.15) is 12.5 Å². The van der Waals surface area contributed by atoms with Crippen molar-refractivity contribution in [3.63, 3.8) is 0 Å². The van der Waals surface area contributed by atoms with Gasteiger partial charge in [0.2, 0.25) is 0 Å². The number of hydrogen-bond acceptors (Lipinski definition) is 3. The van der Waals surface area contributed by atoms with E-state index in [1.165, 1.54) is 6.08 Å². The Bertz CT molecular complexity index is 503. The molecule has 0 radical (unpaired) electrons. The van der Waals surface area contributed by atoms with Crippen LogP contribution in [0.3, 0.4) is 0 Å². The van der Waals surface area contributed by atoms with Gasteiger partial charge in [-0.2, -0.15) is 21.6 Å². The quantitative estimate of drug-likeness (QED) is 0.480. The highest BCUT2D eigenvalue weighted by Crippen LogP contribution is 2.26. The van der Waals surface area contributed by atoms with Crippen molar-refractivity contribution in [2.75, 3.05) is 0 Å². The zero-order valence-corrected chi connectivity index (χ0v) is 9.55. The van der Waals surface area contributed by atoms with Crippen molar-refractivity contribution < 1.29 is 25.8 Å². The monoisotopic (exact) mass is 266 g/mol. The van der Waals surface area contributed by atoms with E-state index in [0.717, 1.165) is 6.92 Å². The van der Waals surface area contributed by atoms with Crippen LogP contribution in [0.2, 0.25) is 0 Å². The molecule has 1 aromatic carbocycles. The molecule has 0 fully saturated rings. The van der Waals surface area contributed by atoms with Gasteiger partial charge in [-0.05, 0) is 18.6 Å². The highest BCUT2D eigenvalue weighted by atomic mass is 32.2. The first-order valence-corrected chi connectivity index (χ1v) is 5.87. The third-order valence-corrected chi connectivity index (χ3v) is 2.74. The van der Waals surface area contributed by atoms with Crippen molar-refractivity contribution in [2.45, 2.75) is 12.4 Å². The molecule has 1 rings (SSSR count). The van der Waals surface area contributed by atoms with Crippen LogP contribution in [0.25, 0.3) is 6.08 Å². The second kappa shape index (κ2) is 4.79. The summed E-state index contributed by atoms with van der Waals surface area (Å²) < 4.78 is 61.2. The summed E-state index contributed by atoms with van der Waals surface area (Å²) in [6.45, 7) is 1.14. The molecule has 94 valence electrons. The molecule has 0 N–H and O–H groups in total. The van der Waals surface area contributed by atoms with Crippen LogP contribution in [0.15, 0.2) is 36.1 Å². The fraction of sp³-hybridized carbons (Fsp3) is 0.200. The Morgan fingerprint density at radius 3 is 2.24 bits per heavy atom. The van der Waals surface area contributed by atoms with Crippen LogP contribution in [-0.2, 0) is 14.3 Å². The van der Waals surface area contributed by atoms with Gasteiger partial charge in [-0.1, -0.05) is 30.3 Å². The van der Waals surface area contributed by atoms with E-state index in [0.29, 0.717) is 5.56 Å². The molecule has 0 aliphatic carbocycles. The van der Waals surface area contributed by atoms with E-state index in [9.17, 15) is 21.6 Å². The van der Waals surface area contributed by atoms with Gasteiger partial charge < -0.3 is 4.18 Å². The van der Waals surface area contributed by atoms with Gasteiger partial charge >= 0.3 is 15.6 Å². The normalized spacial score (nSPS) is 13.5. The Labute approximate surface area is 96.6 Å². The number of halogens is 3. The fourth-order valence-corrected chi connectivity index (χ4v) is 1.52. The fourth-order valence-electron chi connectivity index (χ4n) is 1.03. The zero-order valence-electron chi connectivity index (χ0n) is 8.73. The third kappa shape index (κ3) is 3.77. The van der Waals surface area contributed by atoms with Gasteiger partial charge in [0.1, 0.15) is 5.76 Å². The third-order valence-electron chi connectivity index (χ3n) is 1.69. The first-order valence-electron chi connectivity index (χ1n) is 4.46.